The van der Waals surface area contributed by atoms with Crippen molar-refractivity contribution in [2.24, 2.45) is 0 Å². The minimum absolute atomic E-state index is 1.29. The Morgan fingerprint density at radius 3 is 1.73 bits per heavy atom. The van der Waals surface area contributed by atoms with Gasteiger partial charge in [-0.15, -0.1) is 40.6 Å². The zero-order chi connectivity index (χ0) is 10.1. The molecule has 0 spiro atoms. The van der Waals surface area contributed by atoms with Gasteiger partial charge in [0.05, 0.1) is 0 Å². The fraction of sp³-hybridized carbons (Fsp3) is 0. The fourth-order valence-corrected chi connectivity index (χ4v) is 1.95. The van der Waals surface area contributed by atoms with Gasteiger partial charge in [-0.1, -0.05) is 48.0 Å². The summed E-state index contributed by atoms with van der Waals surface area (Å²) in [6, 6.07) is 23.4. The van der Waals surface area contributed by atoms with Crippen LogP contribution in [-0.4, -0.2) is 0 Å². The van der Waals surface area contributed by atoms with Crippen LogP contribution in [0.4, 0.5) is 0 Å². The topological polar surface area (TPSA) is 0 Å². The average Bonchev–Trinajstić information content (AvgIpc) is 2.74. The number of hydrogen-bond acceptors (Lipinski definition) is 0. The van der Waals surface area contributed by atoms with Crippen LogP contribution in [-0.2, 0) is 0 Å². The van der Waals surface area contributed by atoms with Crippen LogP contribution in [0.1, 0.15) is 0 Å². The highest BCUT2D eigenvalue weighted by Crippen LogP contribution is 2.27. The largest absolute Gasteiger partial charge is 0.121 e. The Hall–Kier alpha value is -1.95. The summed E-state index contributed by atoms with van der Waals surface area (Å²) in [4.78, 5) is 0. The SMILES string of the molecule is c1ccc(-[c-]2cc3ccccc3c2)cc1. The number of rotatable bonds is 1. The van der Waals surface area contributed by atoms with Crippen molar-refractivity contribution in [2.45, 2.75) is 0 Å². The van der Waals surface area contributed by atoms with Crippen LogP contribution in [0.15, 0.2) is 66.7 Å². The van der Waals surface area contributed by atoms with Gasteiger partial charge in [0.15, 0.2) is 0 Å². The molecule has 3 aromatic rings. The van der Waals surface area contributed by atoms with E-state index < -0.39 is 0 Å². The Kier molecular flexibility index (Phi) is 1.85. The molecule has 3 aromatic carbocycles. The van der Waals surface area contributed by atoms with Crippen LogP contribution in [0.5, 0.6) is 0 Å². The van der Waals surface area contributed by atoms with Gasteiger partial charge >= 0.3 is 0 Å². The second kappa shape index (κ2) is 3.32. The van der Waals surface area contributed by atoms with Crippen molar-refractivity contribution in [1.29, 1.82) is 0 Å². The standard InChI is InChI=1S/C15H11/c1-2-6-12(7-3-1)15-10-13-8-4-5-9-14(13)11-15/h1-11H/q-1. The molecule has 0 N–H and O–H groups in total. The summed E-state index contributed by atoms with van der Waals surface area (Å²) >= 11 is 0. The van der Waals surface area contributed by atoms with E-state index in [2.05, 4.69) is 60.7 Å². The van der Waals surface area contributed by atoms with Gasteiger partial charge in [0.1, 0.15) is 0 Å². The van der Waals surface area contributed by atoms with E-state index in [0.29, 0.717) is 0 Å². The Morgan fingerprint density at radius 2 is 1.13 bits per heavy atom. The Bertz CT molecular complexity index is 540. The Morgan fingerprint density at radius 1 is 0.600 bits per heavy atom. The fourth-order valence-electron chi connectivity index (χ4n) is 1.95. The summed E-state index contributed by atoms with van der Waals surface area (Å²) in [5, 5.41) is 2.63. The molecule has 0 saturated carbocycles. The quantitative estimate of drug-likeness (QED) is 0.505. The molecule has 0 unspecified atom stereocenters. The monoisotopic (exact) mass is 191 g/mol. The minimum Gasteiger partial charge on any atom is -0.121 e. The lowest BCUT2D eigenvalue weighted by Crippen LogP contribution is -1.69. The summed E-state index contributed by atoms with van der Waals surface area (Å²) in [6.45, 7) is 0. The third kappa shape index (κ3) is 1.44. The summed E-state index contributed by atoms with van der Waals surface area (Å²) in [6.07, 6.45) is 0. The van der Waals surface area contributed by atoms with Crippen molar-refractivity contribution in [1.82, 2.24) is 0 Å². The smallest absolute Gasteiger partial charge is 0.0703 e. The van der Waals surface area contributed by atoms with Crippen LogP contribution >= 0.6 is 0 Å². The molecule has 0 saturated heterocycles. The first-order valence-electron chi connectivity index (χ1n) is 5.14. The lowest BCUT2D eigenvalue weighted by molar-refractivity contribution is 1.68. The van der Waals surface area contributed by atoms with E-state index in [0.717, 1.165) is 0 Å². The maximum atomic E-state index is 2.24. The first-order chi connectivity index (χ1) is 7.43. The summed E-state index contributed by atoms with van der Waals surface area (Å²) in [7, 11) is 0. The zero-order valence-electron chi connectivity index (χ0n) is 8.35. The average molecular weight is 191 g/mol. The molecular weight excluding hydrogens is 180 g/mol. The van der Waals surface area contributed by atoms with Crippen LogP contribution in [0.25, 0.3) is 21.9 Å². The Balaban J connectivity index is 2.21. The van der Waals surface area contributed by atoms with Crippen LogP contribution in [0.3, 0.4) is 0 Å². The molecule has 0 atom stereocenters. The molecule has 15 heavy (non-hydrogen) atoms. The highest BCUT2D eigenvalue weighted by atomic mass is 14.0. The molecule has 0 radical (unpaired) electrons. The van der Waals surface area contributed by atoms with Crippen molar-refractivity contribution < 1.29 is 0 Å². The molecule has 0 aliphatic rings. The van der Waals surface area contributed by atoms with E-state index in [1.54, 1.807) is 0 Å². The predicted molar refractivity (Wildman–Crippen MR) is 65.0 cm³/mol. The van der Waals surface area contributed by atoms with Gasteiger partial charge in [0.25, 0.3) is 0 Å². The van der Waals surface area contributed by atoms with Gasteiger partial charge in [0, 0.05) is 0 Å². The normalized spacial score (nSPS) is 10.7. The van der Waals surface area contributed by atoms with Gasteiger partial charge in [0.2, 0.25) is 0 Å². The minimum atomic E-state index is 1.29. The van der Waals surface area contributed by atoms with Gasteiger partial charge in [-0.25, -0.2) is 0 Å². The number of benzene rings is 2. The summed E-state index contributed by atoms with van der Waals surface area (Å²) in [5.41, 5.74) is 2.59. The van der Waals surface area contributed by atoms with Crippen molar-refractivity contribution in [3.8, 4) is 11.1 Å². The molecule has 0 aliphatic carbocycles. The first-order valence-corrected chi connectivity index (χ1v) is 5.14. The highest BCUT2D eigenvalue weighted by molar-refractivity contribution is 5.91. The Labute approximate surface area is 89.2 Å². The predicted octanol–water partition coefficient (Wildman–Crippen LogP) is 4.23. The highest BCUT2D eigenvalue weighted by Gasteiger charge is 1.93. The van der Waals surface area contributed by atoms with Crippen molar-refractivity contribution >= 4 is 10.8 Å². The second-order valence-electron chi connectivity index (χ2n) is 3.74. The van der Waals surface area contributed by atoms with E-state index >= 15 is 0 Å². The van der Waals surface area contributed by atoms with Crippen molar-refractivity contribution in [3.05, 3.63) is 66.7 Å². The van der Waals surface area contributed by atoms with Crippen LogP contribution in [0, 0.1) is 0 Å². The van der Waals surface area contributed by atoms with Gasteiger partial charge in [-0.3, -0.25) is 0 Å². The molecular formula is C15H11-. The van der Waals surface area contributed by atoms with Crippen molar-refractivity contribution in [2.75, 3.05) is 0 Å². The van der Waals surface area contributed by atoms with Crippen molar-refractivity contribution in [3.63, 3.8) is 0 Å². The van der Waals surface area contributed by atoms with E-state index in [4.69, 9.17) is 0 Å². The maximum Gasteiger partial charge on any atom is -0.0703 e. The molecule has 0 aromatic heterocycles. The van der Waals surface area contributed by atoms with Crippen LogP contribution < -0.4 is 0 Å². The molecule has 3 rings (SSSR count). The van der Waals surface area contributed by atoms with E-state index in [1.165, 1.54) is 21.9 Å². The first kappa shape index (κ1) is 8.37. The van der Waals surface area contributed by atoms with E-state index in [1.807, 2.05) is 6.07 Å². The zero-order valence-corrected chi connectivity index (χ0v) is 8.35. The van der Waals surface area contributed by atoms with Gasteiger partial charge < -0.3 is 0 Å². The van der Waals surface area contributed by atoms with Gasteiger partial charge in [-0.2, -0.15) is 0 Å². The van der Waals surface area contributed by atoms with E-state index in [-0.39, 0.29) is 0 Å². The van der Waals surface area contributed by atoms with E-state index in [9.17, 15) is 0 Å². The molecule has 0 bridgehead atoms. The second-order valence-corrected chi connectivity index (χ2v) is 3.74. The third-order valence-electron chi connectivity index (χ3n) is 2.73. The molecule has 0 heteroatoms. The lowest BCUT2D eigenvalue weighted by atomic mass is 10.1. The molecule has 0 fully saturated rings. The molecule has 0 nitrogen and oxygen atoms in total. The van der Waals surface area contributed by atoms with Crippen LogP contribution in [0.2, 0.25) is 0 Å². The number of fused-ring (bicyclic) bond motifs is 1. The molecule has 0 aliphatic heterocycles. The van der Waals surface area contributed by atoms with Gasteiger partial charge in [-0.05, 0) is 0 Å². The summed E-state index contributed by atoms with van der Waals surface area (Å²) < 4.78 is 0. The lowest BCUT2D eigenvalue weighted by Gasteiger charge is -2.02. The molecule has 0 heterocycles. The third-order valence-corrected chi connectivity index (χ3v) is 2.73. The maximum absolute atomic E-state index is 2.24. The molecule has 72 valence electrons. The summed E-state index contributed by atoms with van der Waals surface area (Å²) in [5.74, 6) is 0. The number of hydrogen-bond donors (Lipinski definition) is 0. The molecule has 0 amide bonds.